The van der Waals surface area contributed by atoms with Gasteiger partial charge in [0.05, 0.1) is 22.4 Å². The minimum Gasteiger partial charge on any atom is -0.309 e. The van der Waals surface area contributed by atoms with Crippen LogP contribution in [0.15, 0.2) is 295 Å². The van der Waals surface area contributed by atoms with Crippen LogP contribution in [-0.2, 0) is 0 Å². The molecule has 0 unspecified atom stereocenters. The molecule has 13 rings (SSSR count). The first kappa shape index (κ1) is 45.2. The summed E-state index contributed by atoms with van der Waals surface area (Å²) in [6.45, 7) is 2.21. The Morgan fingerprint density at radius 3 is 1.13 bits per heavy atom. The van der Waals surface area contributed by atoms with Crippen LogP contribution in [0.25, 0.3) is 100.0 Å². The zero-order chi connectivity index (χ0) is 50.1. The van der Waals surface area contributed by atoms with Crippen LogP contribution >= 0.6 is 0 Å². The van der Waals surface area contributed by atoms with Gasteiger partial charge in [-0.1, -0.05) is 224 Å². The molecule has 75 heavy (non-hydrogen) atoms. The van der Waals surface area contributed by atoms with Crippen molar-refractivity contribution >= 4 is 39.1 Å². The van der Waals surface area contributed by atoms with Crippen LogP contribution in [-0.4, -0.2) is 16.1 Å². The molecule has 3 nitrogen and oxygen atoms in total. The average Bonchev–Trinajstić information content (AvgIpc) is 3.72. The van der Waals surface area contributed by atoms with Crippen LogP contribution in [0.3, 0.4) is 0 Å². The SMILES string of the molecule is CC1=C(c2cccc(-c3cccc(-n4c5ccccc5c5ccccc54)c3)c2)N=C(c2cccc(-c3cccc(-c4ccccc4)c3)c2)N=C(c2ccc(-c3cccc(-c4cccc(-c5ccccc5)c4)c3)cc2)C1. The smallest absolute Gasteiger partial charge is 0.160 e. The van der Waals surface area contributed by atoms with Gasteiger partial charge >= 0.3 is 0 Å². The highest BCUT2D eigenvalue weighted by Gasteiger charge is 2.20. The molecule has 0 saturated heterocycles. The third-order valence-electron chi connectivity index (χ3n) is 14.6. The molecule has 0 bridgehead atoms. The van der Waals surface area contributed by atoms with E-state index in [4.69, 9.17) is 9.98 Å². The lowest BCUT2D eigenvalue weighted by molar-refractivity contribution is 1.18. The van der Waals surface area contributed by atoms with E-state index in [1.54, 1.807) is 0 Å². The predicted molar refractivity (Wildman–Crippen MR) is 317 cm³/mol. The Labute approximate surface area is 438 Å². The highest BCUT2D eigenvalue weighted by atomic mass is 15.0. The predicted octanol–water partition coefficient (Wildman–Crippen LogP) is 18.9. The molecule has 0 aliphatic carbocycles. The second-order valence-electron chi connectivity index (χ2n) is 19.4. The molecular formula is C72H51N3. The summed E-state index contributed by atoms with van der Waals surface area (Å²) < 4.78 is 2.38. The van der Waals surface area contributed by atoms with Gasteiger partial charge in [0.1, 0.15) is 0 Å². The standard InChI is InChI=1S/C72H51N3/c1-49-42-68(53-40-38-52(39-41-53)56-24-14-26-58(45-56)57-25-12-22-54(43-57)50-18-4-2-5-19-50)73-72(64-32-16-29-61(47-64)59-27-13-23-55(44-59)51-20-6-3-7-21-51)74-71(49)63-31-15-28-60(46-63)62-30-17-33-65(48-62)75-69-36-10-8-34-66(69)67-35-9-11-37-70(67)75/h2-41,43-48H,42H2,1H3. The molecule has 1 aliphatic rings. The van der Waals surface area contributed by atoms with Crippen molar-refractivity contribution in [2.75, 3.05) is 0 Å². The molecule has 0 radical (unpaired) electrons. The summed E-state index contributed by atoms with van der Waals surface area (Å²) in [5.41, 5.74) is 23.7. The van der Waals surface area contributed by atoms with E-state index < -0.39 is 0 Å². The van der Waals surface area contributed by atoms with Gasteiger partial charge in [0, 0.05) is 34.0 Å². The lowest BCUT2D eigenvalue weighted by Gasteiger charge is -2.12. The zero-order valence-corrected chi connectivity index (χ0v) is 41.6. The van der Waals surface area contributed by atoms with Gasteiger partial charge in [-0.3, -0.25) is 0 Å². The van der Waals surface area contributed by atoms with Crippen LogP contribution in [0.5, 0.6) is 0 Å². The quantitative estimate of drug-likeness (QED) is 0.131. The number of para-hydroxylation sites is 2. The minimum absolute atomic E-state index is 0.640. The van der Waals surface area contributed by atoms with Gasteiger partial charge in [-0.05, 0) is 139 Å². The van der Waals surface area contributed by atoms with Gasteiger partial charge in [0.25, 0.3) is 0 Å². The molecule has 12 aromatic rings. The van der Waals surface area contributed by atoms with Crippen LogP contribution in [0.4, 0.5) is 0 Å². The summed E-state index contributed by atoms with van der Waals surface area (Å²) in [5.74, 6) is 0.686. The van der Waals surface area contributed by atoms with Crippen LogP contribution in [0.2, 0.25) is 0 Å². The fourth-order valence-corrected chi connectivity index (χ4v) is 10.8. The molecule has 0 atom stereocenters. The number of fused-ring (bicyclic) bond motifs is 3. The topological polar surface area (TPSA) is 29.6 Å². The first-order valence-corrected chi connectivity index (χ1v) is 25.7. The number of aromatic nitrogens is 1. The Kier molecular flexibility index (Phi) is 11.9. The van der Waals surface area contributed by atoms with Crippen LogP contribution in [0.1, 0.15) is 30.0 Å². The molecule has 354 valence electrons. The normalized spacial score (nSPS) is 12.7. The fraction of sp³-hybridized carbons (Fsp3) is 0.0278. The number of aliphatic imine (C=N–C) groups is 2. The van der Waals surface area contributed by atoms with E-state index in [0.717, 1.165) is 67.2 Å². The van der Waals surface area contributed by atoms with E-state index in [1.807, 2.05) is 0 Å². The fourth-order valence-electron chi connectivity index (χ4n) is 10.8. The van der Waals surface area contributed by atoms with Gasteiger partial charge in [0.15, 0.2) is 5.84 Å². The van der Waals surface area contributed by atoms with Gasteiger partial charge in [0.2, 0.25) is 0 Å². The Balaban J connectivity index is 0.871. The zero-order valence-electron chi connectivity index (χ0n) is 41.6. The molecule has 0 fully saturated rings. The molecule has 1 aromatic heterocycles. The highest BCUT2D eigenvalue weighted by Crippen LogP contribution is 2.37. The first-order chi connectivity index (χ1) is 37.1. The van der Waals surface area contributed by atoms with E-state index in [0.29, 0.717) is 12.3 Å². The third kappa shape index (κ3) is 9.02. The maximum atomic E-state index is 5.57. The third-order valence-corrected chi connectivity index (χ3v) is 14.6. The first-order valence-electron chi connectivity index (χ1n) is 25.7. The number of benzene rings is 11. The minimum atomic E-state index is 0.640. The molecule has 0 N–H and O–H groups in total. The highest BCUT2D eigenvalue weighted by molar-refractivity contribution is 6.16. The van der Waals surface area contributed by atoms with E-state index in [2.05, 4.69) is 291 Å². The van der Waals surface area contributed by atoms with Crippen molar-refractivity contribution in [3.63, 3.8) is 0 Å². The van der Waals surface area contributed by atoms with Crippen molar-refractivity contribution in [3.8, 4) is 72.4 Å². The molecule has 0 amide bonds. The van der Waals surface area contributed by atoms with E-state index >= 15 is 0 Å². The molecule has 1 aliphatic heterocycles. The van der Waals surface area contributed by atoms with Gasteiger partial charge < -0.3 is 4.57 Å². The molecule has 2 heterocycles. The lowest BCUT2D eigenvalue weighted by Crippen LogP contribution is -2.06. The molecular weight excluding hydrogens is 907 g/mol. The van der Waals surface area contributed by atoms with Crippen LogP contribution in [0, 0.1) is 0 Å². The number of hydrogen-bond donors (Lipinski definition) is 0. The van der Waals surface area contributed by atoms with Crippen molar-refractivity contribution in [2.24, 2.45) is 9.98 Å². The molecule has 0 spiro atoms. The Bertz CT molecular complexity index is 4140. The number of amidine groups is 1. The maximum Gasteiger partial charge on any atom is 0.160 e. The average molecular weight is 958 g/mol. The molecule has 0 saturated carbocycles. The monoisotopic (exact) mass is 957 g/mol. The lowest BCUT2D eigenvalue weighted by atomic mass is 9.94. The summed E-state index contributed by atoms with van der Waals surface area (Å²) >= 11 is 0. The van der Waals surface area contributed by atoms with Crippen molar-refractivity contribution in [2.45, 2.75) is 13.3 Å². The summed E-state index contributed by atoms with van der Waals surface area (Å²) in [5, 5.41) is 2.50. The van der Waals surface area contributed by atoms with E-state index in [1.165, 1.54) is 60.8 Å². The summed E-state index contributed by atoms with van der Waals surface area (Å²) in [6.07, 6.45) is 0.640. The number of rotatable bonds is 10. The maximum absolute atomic E-state index is 5.57. The Morgan fingerprint density at radius 2 is 0.627 bits per heavy atom. The van der Waals surface area contributed by atoms with Crippen molar-refractivity contribution in [1.29, 1.82) is 0 Å². The second kappa shape index (κ2) is 19.7. The van der Waals surface area contributed by atoms with Gasteiger partial charge in [-0.15, -0.1) is 0 Å². The van der Waals surface area contributed by atoms with Crippen molar-refractivity contribution in [1.82, 2.24) is 4.57 Å². The Hall–Kier alpha value is -9.70. The van der Waals surface area contributed by atoms with Crippen LogP contribution < -0.4 is 0 Å². The summed E-state index contributed by atoms with van der Waals surface area (Å²) in [7, 11) is 0. The molecule has 11 aromatic carbocycles. The number of hydrogen-bond acceptors (Lipinski definition) is 2. The summed E-state index contributed by atoms with van der Waals surface area (Å²) in [4.78, 5) is 11.1. The second-order valence-corrected chi connectivity index (χ2v) is 19.4. The van der Waals surface area contributed by atoms with Crippen molar-refractivity contribution < 1.29 is 0 Å². The number of allylic oxidation sites excluding steroid dienone is 1. The van der Waals surface area contributed by atoms with Crippen molar-refractivity contribution in [3.05, 3.63) is 301 Å². The summed E-state index contributed by atoms with van der Waals surface area (Å²) in [6, 6.07) is 100. The van der Waals surface area contributed by atoms with E-state index in [9.17, 15) is 0 Å². The van der Waals surface area contributed by atoms with Gasteiger partial charge in [-0.25, -0.2) is 9.98 Å². The largest absolute Gasteiger partial charge is 0.309 e. The van der Waals surface area contributed by atoms with E-state index in [-0.39, 0.29) is 0 Å². The Morgan fingerprint density at radius 1 is 0.280 bits per heavy atom. The molecule has 3 heteroatoms. The number of nitrogens with zero attached hydrogens (tertiary/aromatic N) is 3. The van der Waals surface area contributed by atoms with Gasteiger partial charge in [-0.2, -0.15) is 0 Å².